The molecule has 0 fully saturated rings. The lowest BCUT2D eigenvalue weighted by molar-refractivity contribution is -0.614. The molecule has 2 aliphatic rings. The number of tetrazole rings is 1. The molecule has 206 valence electrons. The summed E-state index contributed by atoms with van der Waals surface area (Å²) in [5, 5.41) is 37.5. The predicted octanol–water partition coefficient (Wildman–Crippen LogP) is 3.51. The molecule has 2 aliphatic heterocycles. The van der Waals surface area contributed by atoms with Crippen LogP contribution in [0.25, 0.3) is 22.5 Å². The van der Waals surface area contributed by atoms with Crippen LogP contribution in [-0.2, 0) is 4.79 Å². The van der Waals surface area contributed by atoms with Crippen molar-refractivity contribution in [3.63, 3.8) is 0 Å². The first kappa shape index (κ1) is 26.5. The van der Waals surface area contributed by atoms with Gasteiger partial charge in [0, 0.05) is 40.1 Å². The zero-order chi connectivity index (χ0) is 28.5. The maximum Gasteiger partial charge on any atom is 0.246 e. The highest BCUT2D eigenvalue weighted by Crippen LogP contribution is 2.34. The monoisotopic (exact) mass is 571 g/mol. The van der Waals surface area contributed by atoms with Crippen LogP contribution in [0.3, 0.4) is 0 Å². The molecule has 1 amide bonds. The highest BCUT2D eigenvalue weighted by atomic mass is 35.5. The van der Waals surface area contributed by atoms with Gasteiger partial charge in [-0.1, -0.05) is 18.0 Å². The molecule has 12 heteroatoms. The average molecular weight is 572 g/mol. The molecule has 0 saturated heterocycles. The molecule has 0 radical (unpaired) electrons. The molecule has 1 N–H and O–H groups in total. The second-order valence-corrected chi connectivity index (χ2v) is 10.2. The molecule has 0 spiro atoms. The van der Waals surface area contributed by atoms with Crippen molar-refractivity contribution in [1.82, 2.24) is 25.3 Å². The molecule has 2 aromatic heterocycles. The van der Waals surface area contributed by atoms with Crippen molar-refractivity contribution in [1.29, 1.82) is 0 Å². The third-order valence-electron chi connectivity index (χ3n) is 7.14. The number of halogens is 2. The Hall–Kier alpha value is -4.74. The Labute approximate surface area is 238 Å². The van der Waals surface area contributed by atoms with Gasteiger partial charge in [0.2, 0.25) is 5.91 Å². The standard InChI is InChI=1S/C29H23ClFN7O3/c30-20-6-10-26(36-17-32-34-35-36)23(14-20)19-5-9-27(38(41)16-19)22-3-1-2-4-29(39)33-25-8-7-21(31)15-24(25)28-13-18(22)11-12-37(28)40/h5-17,22,40H,1-4H2. The molecule has 0 aliphatic carbocycles. The van der Waals surface area contributed by atoms with Crippen molar-refractivity contribution in [2.24, 2.45) is 4.99 Å². The molecule has 2 bridgehead atoms. The molecule has 1 atom stereocenters. The van der Waals surface area contributed by atoms with Gasteiger partial charge in [-0.2, -0.15) is 9.41 Å². The Balaban J connectivity index is 1.47. The van der Waals surface area contributed by atoms with Gasteiger partial charge in [0.1, 0.15) is 12.1 Å². The van der Waals surface area contributed by atoms with Gasteiger partial charge in [0.25, 0.3) is 0 Å². The fourth-order valence-corrected chi connectivity index (χ4v) is 5.34. The summed E-state index contributed by atoms with van der Waals surface area (Å²) in [7, 11) is 0. The molecule has 41 heavy (non-hydrogen) atoms. The van der Waals surface area contributed by atoms with Gasteiger partial charge in [0.05, 0.1) is 22.7 Å². The highest BCUT2D eigenvalue weighted by molar-refractivity contribution is 6.31. The van der Waals surface area contributed by atoms with E-state index in [1.165, 1.54) is 41.6 Å². The minimum atomic E-state index is -0.532. The number of rotatable bonds is 3. The summed E-state index contributed by atoms with van der Waals surface area (Å²) in [6.07, 6.45) is 9.80. The number of fused-ring (bicyclic) bond motifs is 2. The number of amides is 1. The van der Waals surface area contributed by atoms with Gasteiger partial charge in [0.15, 0.2) is 11.9 Å². The third kappa shape index (κ3) is 5.37. The topological polar surface area (TPSA) is 123 Å². The smallest absolute Gasteiger partial charge is 0.246 e. The Morgan fingerprint density at radius 3 is 2.80 bits per heavy atom. The van der Waals surface area contributed by atoms with Crippen LogP contribution in [0, 0.1) is 11.0 Å². The first-order chi connectivity index (χ1) is 19.9. The van der Waals surface area contributed by atoms with Crippen LogP contribution in [0.5, 0.6) is 0 Å². The van der Waals surface area contributed by atoms with E-state index in [0.29, 0.717) is 46.8 Å². The van der Waals surface area contributed by atoms with Crippen molar-refractivity contribution >= 4 is 23.2 Å². The van der Waals surface area contributed by atoms with Crippen LogP contribution in [0.1, 0.15) is 37.3 Å². The lowest BCUT2D eigenvalue weighted by atomic mass is 9.87. The largest absolute Gasteiger partial charge is 0.618 e. The minimum absolute atomic E-state index is 0.210. The first-order valence-electron chi connectivity index (χ1n) is 12.9. The van der Waals surface area contributed by atoms with Gasteiger partial charge in [-0.05, 0) is 83.5 Å². The minimum Gasteiger partial charge on any atom is -0.618 e. The third-order valence-corrected chi connectivity index (χ3v) is 7.38. The quantitative estimate of drug-likeness (QED) is 0.295. The Bertz CT molecular complexity index is 1840. The molecule has 1 unspecified atom stereocenters. The van der Waals surface area contributed by atoms with E-state index >= 15 is 0 Å². The van der Waals surface area contributed by atoms with Crippen molar-refractivity contribution in [3.05, 3.63) is 117 Å². The number of pyridine rings is 1. The van der Waals surface area contributed by atoms with Crippen LogP contribution < -0.4 is 15.3 Å². The Morgan fingerprint density at radius 2 is 2.00 bits per heavy atom. The Kier molecular flexibility index (Phi) is 7.12. The van der Waals surface area contributed by atoms with Gasteiger partial charge >= 0.3 is 0 Å². The molecule has 2 aromatic carbocycles. The second-order valence-electron chi connectivity index (χ2n) is 9.74. The number of benzene rings is 2. The maximum absolute atomic E-state index is 14.3. The zero-order valence-corrected chi connectivity index (χ0v) is 22.3. The molecule has 0 saturated carbocycles. The van der Waals surface area contributed by atoms with Crippen LogP contribution in [0.2, 0.25) is 5.02 Å². The van der Waals surface area contributed by atoms with Crippen molar-refractivity contribution in [2.75, 3.05) is 0 Å². The summed E-state index contributed by atoms with van der Waals surface area (Å²) < 4.78 is 16.6. The van der Waals surface area contributed by atoms with E-state index in [9.17, 15) is 19.6 Å². The second kappa shape index (κ2) is 11.0. The summed E-state index contributed by atoms with van der Waals surface area (Å²) in [5.74, 6) is -1.24. The fraction of sp³-hybridized carbons (Fsp3) is 0.172. The summed E-state index contributed by atoms with van der Waals surface area (Å²) in [6, 6.07) is 12.7. The molecule has 10 nitrogen and oxygen atoms in total. The molecule has 4 heterocycles. The number of carbonyl (C=O) groups is 1. The number of hydroxylamine groups is 2. The summed E-state index contributed by atoms with van der Waals surface area (Å²) in [6.45, 7) is 0. The lowest BCUT2D eigenvalue weighted by Crippen LogP contribution is -2.35. The van der Waals surface area contributed by atoms with Crippen molar-refractivity contribution in [2.45, 2.75) is 31.6 Å². The van der Waals surface area contributed by atoms with Crippen LogP contribution in [0.15, 0.2) is 90.0 Å². The highest BCUT2D eigenvalue weighted by Gasteiger charge is 2.27. The molecule has 6 rings (SSSR count). The summed E-state index contributed by atoms with van der Waals surface area (Å²) in [5.41, 5.74) is 3.42. The van der Waals surface area contributed by atoms with E-state index in [-0.39, 0.29) is 34.5 Å². The van der Waals surface area contributed by atoms with E-state index in [0.717, 1.165) is 15.4 Å². The number of nitrogens with zero attached hydrogens (tertiary/aromatic N) is 7. The molecule has 4 aromatic rings. The van der Waals surface area contributed by atoms with Crippen LogP contribution >= 0.6 is 11.6 Å². The predicted molar refractivity (Wildman–Crippen MR) is 146 cm³/mol. The van der Waals surface area contributed by atoms with Gasteiger partial charge in [-0.15, -0.1) is 5.10 Å². The van der Waals surface area contributed by atoms with E-state index in [2.05, 4.69) is 20.5 Å². The number of allylic oxidation sites excluding steroid dienone is 2. The van der Waals surface area contributed by atoms with Gasteiger partial charge < -0.3 is 5.21 Å². The van der Waals surface area contributed by atoms with Crippen LogP contribution in [-0.4, -0.2) is 36.4 Å². The van der Waals surface area contributed by atoms with Crippen LogP contribution in [0.4, 0.5) is 4.39 Å². The summed E-state index contributed by atoms with van der Waals surface area (Å²) in [4.78, 5) is 16.7. The lowest BCUT2D eigenvalue weighted by Gasteiger charge is -2.24. The average Bonchev–Trinajstić information content (AvgIpc) is 3.49. The van der Waals surface area contributed by atoms with Gasteiger partial charge in [-0.25, -0.2) is 14.4 Å². The Morgan fingerprint density at radius 1 is 1.12 bits per heavy atom. The number of carbonyl (C=O) groups excluding carboxylic acids is 1. The normalized spacial score (nSPS) is 17.3. The first-order valence-corrected chi connectivity index (χ1v) is 13.3. The number of hydrogen-bond donors (Lipinski definition) is 1. The maximum atomic E-state index is 14.3. The van der Waals surface area contributed by atoms with E-state index in [4.69, 9.17) is 11.6 Å². The van der Waals surface area contributed by atoms with Crippen molar-refractivity contribution < 1.29 is 19.1 Å². The van der Waals surface area contributed by atoms with E-state index < -0.39 is 5.82 Å². The summed E-state index contributed by atoms with van der Waals surface area (Å²) >= 11 is 6.29. The molecular weight excluding hydrogens is 549 g/mol. The molecular formula is C29H23ClFN7O3. The SMILES string of the molecule is O=C1CCCCC(c2ccc(-c3cc(Cl)ccc3-n3cnnn3)c[n+]2[O-])C2=CC(=c3cc(F)ccc3=N1)N(O)C=C2. The van der Waals surface area contributed by atoms with E-state index in [1.807, 2.05) is 6.07 Å². The van der Waals surface area contributed by atoms with Crippen molar-refractivity contribution in [3.8, 4) is 16.8 Å². The van der Waals surface area contributed by atoms with E-state index in [1.54, 1.807) is 36.4 Å². The zero-order valence-electron chi connectivity index (χ0n) is 21.6. The number of aromatic nitrogens is 5. The number of hydrogen-bond acceptors (Lipinski definition) is 7. The van der Waals surface area contributed by atoms with Gasteiger partial charge in [-0.3, -0.25) is 10.0 Å². The fourth-order valence-electron chi connectivity index (χ4n) is 5.17.